The fourth-order valence-corrected chi connectivity index (χ4v) is 3.97. The average molecular weight is 427 g/mol. The SMILES string of the molecule is CN(Cc1ccccc1)c1ccc(N=Nc2nc3cc(Cl)c(Cl)cc3s2)cc1. The molecule has 1 heterocycles. The zero-order valence-electron chi connectivity index (χ0n) is 15.0. The van der Waals surface area contributed by atoms with Crippen LogP contribution in [0.3, 0.4) is 0 Å². The lowest BCUT2D eigenvalue weighted by Gasteiger charge is -2.19. The van der Waals surface area contributed by atoms with Crippen LogP contribution >= 0.6 is 34.5 Å². The number of halogens is 2. The van der Waals surface area contributed by atoms with Gasteiger partial charge in [0.2, 0.25) is 5.13 Å². The van der Waals surface area contributed by atoms with Gasteiger partial charge in [-0.05, 0) is 42.0 Å². The van der Waals surface area contributed by atoms with E-state index in [0.717, 1.165) is 28.1 Å². The summed E-state index contributed by atoms with van der Waals surface area (Å²) in [5.41, 5.74) is 3.93. The second-order valence-electron chi connectivity index (χ2n) is 6.29. The van der Waals surface area contributed by atoms with Crippen molar-refractivity contribution in [3.8, 4) is 0 Å². The predicted octanol–water partition coefficient (Wildman–Crippen LogP) is 7.65. The molecule has 4 rings (SSSR count). The van der Waals surface area contributed by atoms with E-state index >= 15 is 0 Å². The largest absolute Gasteiger partial charge is 0.370 e. The average Bonchev–Trinajstić information content (AvgIpc) is 3.09. The summed E-state index contributed by atoms with van der Waals surface area (Å²) < 4.78 is 0.932. The first-order chi connectivity index (χ1) is 13.6. The van der Waals surface area contributed by atoms with Crippen LogP contribution in [0.4, 0.5) is 16.5 Å². The van der Waals surface area contributed by atoms with Gasteiger partial charge < -0.3 is 4.90 Å². The molecule has 1 aromatic heterocycles. The Labute approximate surface area is 177 Å². The van der Waals surface area contributed by atoms with E-state index in [2.05, 4.69) is 51.4 Å². The molecule has 0 aliphatic carbocycles. The molecular formula is C21H16Cl2N4S. The lowest BCUT2D eigenvalue weighted by molar-refractivity contribution is 0.923. The maximum Gasteiger partial charge on any atom is 0.231 e. The number of anilines is 1. The van der Waals surface area contributed by atoms with Crippen molar-refractivity contribution in [3.63, 3.8) is 0 Å². The van der Waals surface area contributed by atoms with Crippen LogP contribution in [-0.4, -0.2) is 12.0 Å². The second-order valence-corrected chi connectivity index (χ2v) is 8.11. The number of aromatic nitrogens is 1. The van der Waals surface area contributed by atoms with Gasteiger partial charge in [0.05, 0.1) is 25.9 Å². The minimum Gasteiger partial charge on any atom is -0.370 e. The lowest BCUT2D eigenvalue weighted by Crippen LogP contribution is -2.15. The molecule has 0 bridgehead atoms. The smallest absolute Gasteiger partial charge is 0.231 e. The number of nitrogens with zero attached hydrogens (tertiary/aromatic N) is 4. The summed E-state index contributed by atoms with van der Waals surface area (Å²) in [6.07, 6.45) is 0. The third kappa shape index (κ3) is 4.33. The maximum atomic E-state index is 6.05. The molecule has 0 saturated carbocycles. The molecule has 0 amide bonds. The van der Waals surface area contributed by atoms with E-state index < -0.39 is 0 Å². The van der Waals surface area contributed by atoms with Crippen molar-refractivity contribution in [3.05, 3.63) is 82.3 Å². The van der Waals surface area contributed by atoms with Crippen molar-refractivity contribution in [2.45, 2.75) is 6.54 Å². The summed E-state index contributed by atoms with van der Waals surface area (Å²) >= 11 is 13.5. The molecule has 28 heavy (non-hydrogen) atoms. The number of thiazole rings is 1. The summed E-state index contributed by atoms with van der Waals surface area (Å²) in [6, 6.07) is 21.9. The number of rotatable bonds is 5. The third-order valence-electron chi connectivity index (χ3n) is 4.22. The molecule has 0 saturated heterocycles. The van der Waals surface area contributed by atoms with Gasteiger partial charge in [-0.3, -0.25) is 0 Å². The summed E-state index contributed by atoms with van der Waals surface area (Å²) in [6.45, 7) is 0.846. The van der Waals surface area contributed by atoms with Gasteiger partial charge >= 0.3 is 0 Å². The molecule has 0 spiro atoms. The fourth-order valence-electron chi connectivity index (χ4n) is 2.78. The van der Waals surface area contributed by atoms with Gasteiger partial charge in [0, 0.05) is 19.3 Å². The Bertz CT molecular complexity index is 1090. The molecular weight excluding hydrogens is 411 g/mol. The van der Waals surface area contributed by atoms with Crippen LogP contribution in [0, 0.1) is 0 Å². The van der Waals surface area contributed by atoms with E-state index in [1.54, 1.807) is 12.1 Å². The first-order valence-corrected chi connectivity index (χ1v) is 10.2. The molecule has 140 valence electrons. The van der Waals surface area contributed by atoms with Crippen LogP contribution in [0.1, 0.15) is 5.56 Å². The summed E-state index contributed by atoms with van der Waals surface area (Å²) in [4.78, 5) is 6.62. The van der Waals surface area contributed by atoms with Crippen LogP contribution in [0.5, 0.6) is 0 Å². The molecule has 4 nitrogen and oxygen atoms in total. The number of azo groups is 1. The zero-order chi connectivity index (χ0) is 19.5. The highest BCUT2D eigenvalue weighted by molar-refractivity contribution is 7.22. The van der Waals surface area contributed by atoms with Crippen molar-refractivity contribution in [2.75, 3.05) is 11.9 Å². The number of fused-ring (bicyclic) bond motifs is 1. The molecule has 0 atom stereocenters. The minimum atomic E-state index is 0.484. The highest BCUT2D eigenvalue weighted by Gasteiger charge is 2.07. The van der Waals surface area contributed by atoms with Crippen LogP contribution in [0.15, 0.2) is 77.0 Å². The van der Waals surface area contributed by atoms with Crippen molar-refractivity contribution < 1.29 is 0 Å². The highest BCUT2D eigenvalue weighted by atomic mass is 35.5. The minimum absolute atomic E-state index is 0.484. The Morgan fingerprint density at radius 2 is 1.64 bits per heavy atom. The van der Waals surface area contributed by atoms with Crippen LogP contribution < -0.4 is 4.90 Å². The molecule has 3 aromatic carbocycles. The molecule has 0 unspecified atom stereocenters. The number of benzene rings is 3. The van der Waals surface area contributed by atoms with E-state index in [1.807, 2.05) is 30.3 Å². The first-order valence-electron chi connectivity index (χ1n) is 8.61. The standard InChI is InChI=1S/C21H16Cl2N4S/c1-27(13-14-5-3-2-4-6-14)16-9-7-15(8-10-16)25-26-21-24-19-11-17(22)18(23)12-20(19)28-21/h2-12H,13H2,1H3. The molecule has 0 radical (unpaired) electrons. The fraction of sp³-hybridized carbons (Fsp3) is 0.0952. The van der Waals surface area contributed by atoms with Crippen molar-refractivity contribution >= 4 is 61.3 Å². The number of hydrogen-bond acceptors (Lipinski definition) is 5. The maximum absolute atomic E-state index is 6.05. The van der Waals surface area contributed by atoms with E-state index in [-0.39, 0.29) is 0 Å². The van der Waals surface area contributed by atoms with E-state index in [1.165, 1.54) is 16.9 Å². The van der Waals surface area contributed by atoms with Gasteiger partial charge in [0.25, 0.3) is 0 Å². The molecule has 0 fully saturated rings. The predicted molar refractivity (Wildman–Crippen MR) is 119 cm³/mol. The van der Waals surface area contributed by atoms with Crippen LogP contribution in [-0.2, 0) is 6.54 Å². The summed E-state index contributed by atoms with van der Waals surface area (Å²) in [5, 5.41) is 10.1. The van der Waals surface area contributed by atoms with Crippen molar-refractivity contribution in [2.24, 2.45) is 10.2 Å². The third-order valence-corrected chi connectivity index (χ3v) is 5.85. The van der Waals surface area contributed by atoms with Gasteiger partial charge in [-0.15, -0.1) is 10.2 Å². The molecule has 7 heteroatoms. The molecule has 4 aromatic rings. The summed E-state index contributed by atoms with van der Waals surface area (Å²) in [5.74, 6) is 0. The van der Waals surface area contributed by atoms with E-state index in [0.29, 0.717) is 15.2 Å². The second kappa shape index (κ2) is 8.27. The Morgan fingerprint density at radius 1 is 0.929 bits per heavy atom. The van der Waals surface area contributed by atoms with E-state index in [4.69, 9.17) is 23.2 Å². The number of hydrogen-bond donors (Lipinski definition) is 0. The van der Waals surface area contributed by atoms with Crippen molar-refractivity contribution in [1.29, 1.82) is 0 Å². The normalized spacial score (nSPS) is 11.4. The monoisotopic (exact) mass is 426 g/mol. The first kappa shape index (κ1) is 18.9. The Morgan fingerprint density at radius 3 is 2.39 bits per heavy atom. The lowest BCUT2D eigenvalue weighted by atomic mass is 10.2. The quantitative estimate of drug-likeness (QED) is 0.307. The molecule has 0 aliphatic rings. The van der Waals surface area contributed by atoms with E-state index in [9.17, 15) is 0 Å². The topological polar surface area (TPSA) is 40.9 Å². The van der Waals surface area contributed by atoms with Gasteiger partial charge in [0.1, 0.15) is 0 Å². The van der Waals surface area contributed by atoms with Gasteiger partial charge in [-0.2, -0.15) is 0 Å². The zero-order valence-corrected chi connectivity index (χ0v) is 17.3. The van der Waals surface area contributed by atoms with Gasteiger partial charge in [0.15, 0.2) is 0 Å². The Kier molecular flexibility index (Phi) is 5.57. The molecule has 0 aliphatic heterocycles. The Hall–Kier alpha value is -2.47. The molecule has 0 N–H and O–H groups in total. The highest BCUT2D eigenvalue weighted by Crippen LogP contribution is 2.34. The van der Waals surface area contributed by atoms with Gasteiger partial charge in [-0.1, -0.05) is 64.9 Å². The van der Waals surface area contributed by atoms with Crippen LogP contribution in [0.2, 0.25) is 10.0 Å². The Balaban J connectivity index is 1.47. The van der Waals surface area contributed by atoms with Crippen LogP contribution in [0.25, 0.3) is 10.2 Å². The van der Waals surface area contributed by atoms with Crippen molar-refractivity contribution in [1.82, 2.24) is 4.98 Å². The van der Waals surface area contributed by atoms with Gasteiger partial charge in [-0.25, -0.2) is 4.98 Å². The summed E-state index contributed by atoms with van der Waals surface area (Å²) in [7, 11) is 2.07.